The molecular weight excluding hydrogens is 438 g/mol. The summed E-state index contributed by atoms with van der Waals surface area (Å²) in [5, 5.41) is 7.76. The van der Waals surface area contributed by atoms with E-state index in [-0.39, 0.29) is 40.4 Å². The molecule has 5 rings (SSSR count). The molecule has 1 saturated heterocycles. The molecule has 2 amide bonds. The average molecular weight is 462 g/mol. The van der Waals surface area contributed by atoms with Crippen molar-refractivity contribution in [3.8, 4) is 11.5 Å². The van der Waals surface area contributed by atoms with Gasteiger partial charge in [-0.1, -0.05) is 61.4 Å². The molecule has 1 aliphatic heterocycles. The number of carbonyl (C=O) groups is 3. The number of benzene rings is 2. The molecule has 33 heavy (non-hydrogen) atoms. The van der Waals surface area contributed by atoms with Gasteiger partial charge >= 0.3 is 0 Å². The molecule has 1 aromatic heterocycles. The zero-order valence-corrected chi connectivity index (χ0v) is 18.7. The molecule has 0 bridgehead atoms. The van der Waals surface area contributed by atoms with Crippen molar-refractivity contribution in [2.75, 3.05) is 0 Å². The van der Waals surface area contributed by atoms with E-state index in [4.69, 9.17) is 4.42 Å². The third-order valence-electron chi connectivity index (χ3n) is 6.35. The normalized spacial score (nSPS) is 21.2. The summed E-state index contributed by atoms with van der Waals surface area (Å²) < 4.78 is 5.68. The maximum absolute atomic E-state index is 13.4. The number of thioether (sulfide) groups is 1. The van der Waals surface area contributed by atoms with Crippen molar-refractivity contribution in [1.29, 1.82) is 0 Å². The van der Waals surface area contributed by atoms with Gasteiger partial charge in [-0.15, -0.1) is 10.2 Å². The Kier molecular flexibility index (Phi) is 6.09. The molecule has 8 heteroatoms. The summed E-state index contributed by atoms with van der Waals surface area (Å²) in [6.45, 7) is 0. The van der Waals surface area contributed by atoms with Crippen LogP contribution in [-0.4, -0.2) is 38.1 Å². The van der Waals surface area contributed by atoms with Gasteiger partial charge in [-0.3, -0.25) is 19.3 Å². The van der Waals surface area contributed by atoms with Crippen LogP contribution in [0.4, 0.5) is 0 Å². The molecule has 3 atom stereocenters. The van der Waals surface area contributed by atoms with E-state index in [9.17, 15) is 14.4 Å². The number of fused-ring (bicyclic) bond motifs is 1. The molecule has 1 saturated carbocycles. The first-order valence-corrected chi connectivity index (χ1v) is 11.9. The van der Waals surface area contributed by atoms with Crippen LogP contribution in [-0.2, 0) is 20.8 Å². The average Bonchev–Trinajstić information content (AvgIpc) is 3.42. The monoisotopic (exact) mass is 461 g/mol. The van der Waals surface area contributed by atoms with E-state index in [0.29, 0.717) is 18.7 Å². The van der Waals surface area contributed by atoms with Crippen LogP contribution in [0.3, 0.4) is 0 Å². The molecule has 168 valence electrons. The van der Waals surface area contributed by atoms with Crippen molar-refractivity contribution in [2.24, 2.45) is 11.8 Å². The van der Waals surface area contributed by atoms with Crippen molar-refractivity contribution in [1.82, 2.24) is 15.1 Å². The van der Waals surface area contributed by atoms with Gasteiger partial charge in [-0.05, 0) is 30.5 Å². The van der Waals surface area contributed by atoms with E-state index in [1.807, 2.05) is 60.7 Å². The second-order valence-electron chi connectivity index (χ2n) is 8.41. The van der Waals surface area contributed by atoms with E-state index < -0.39 is 6.04 Å². The topological polar surface area (TPSA) is 93.4 Å². The smallest absolute Gasteiger partial charge is 0.284 e. The van der Waals surface area contributed by atoms with Crippen LogP contribution < -0.4 is 0 Å². The summed E-state index contributed by atoms with van der Waals surface area (Å²) in [4.78, 5) is 41.1. The minimum absolute atomic E-state index is 0.0911. The highest BCUT2D eigenvalue weighted by atomic mass is 32.2. The van der Waals surface area contributed by atoms with Gasteiger partial charge in [0.05, 0.1) is 11.8 Å². The highest BCUT2D eigenvalue weighted by Gasteiger charge is 2.52. The van der Waals surface area contributed by atoms with Crippen LogP contribution in [0.15, 0.2) is 70.3 Å². The third kappa shape index (κ3) is 4.35. The zero-order valence-electron chi connectivity index (χ0n) is 17.9. The molecule has 2 fully saturated rings. The summed E-state index contributed by atoms with van der Waals surface area (Å²) in [6.07, 6.45) is 3.53. The SMILES string of the molecule is O=C(Sc1nnc(-c2ccccc2)o1)C(Cc1ccccc1)N1C(=O)C2CCCCC2C1=O. The lowest BCUT2D eigenvalue weighted by molar-refractivity contribution is -0.145. The van der Waals surface area contributed by atoms with Crippen molar-refractivity contribution in [3.05, 3.63) is 66.2 Å². The van der Waals surface area contributed by atoms with Gasteiger partial charge in [0.2, 0.25) is 22.8 Å². The number of amides is 2. The maximum Gasteiger partial charge on any atom is 0.284 e. The number of likely N-dealkylation sites (tertiary alicyclic amines) is 1. The predicted molar refractivity (Wildman–Crippen MR) is 122 cm³/mol. The van der Waals surface area contributed by atoms with E-state index in [1.54, 1.807) is 0 Å². The minimum Gasteiger partial charge on any atom is -0.411 e. The molecule has 3 unspecified atom stereocenters. The molecule has 0 N–H and O–H groups in total. The quantitative estimate of drug-likeness (QED) is 0.402. The highest BCUT2D eigenvalue weighted by Crippen LogP contribution is 2.40. The molecular formula is C25H23N3O4S. The first kappa shape index (κ1) is 21.6. The fraction of sp³-hybridized carbons (Fsp3) is 0.320. The van der Waals surface area contributed by atoms with E-state index in [0.717, 1.165) is 35.7 Å². The Bertz CT molecular complexity index is 1140. The van der Waals surface area contributed by atoms with E-state index in [1.165, 1.54) is 4.90 Å². The summed E-state index contributed by atoms with van der Waals surface area (Å²) in [6, 6.07) is 17.8. The fourth-order valence-corrected chi connectivity index (χ4v) is 5.41. The molecule has 0 radical (unpaired) electrons. The molecule has 2 aliphatic rings. The lowest BCUT2D eigenvalue weighted by atomic mass is 9.81. The summed E-state index contributed by atoms with van der Waals surface area (Å²) in [5.41, 5.74) is 1.63. The summed E-state index contributed by atoms with van der Waals surface area (Å²) in [5.74, 6) is -0.763. The Morgan fingerprint density at radius 3 is 2.18 bits per heavy atom. The van der Waals surface area contributed by atoms with Gasteiger partial charge in [0, 0.05) is 23.7 Å². The Hall–Kier alpha value is -3.26. The van der Waals surface area contributed by atoms with Crippen molar-refractivity contribution >= 4 is 28.7 Å². The van der Waals surface area contributed by atoms with Gasteiger partial charge < -0.3 is 4.42 Å². The first-order valence-electron chi connectivity index (χ1n) is 11.1. The van der Waals surface area contributed by atoms with Crippen LogP contribution in [0.5, 0.6) is 0 Å². The van der Waals surface area contributed by atoms with E-state index in [2.05, 4.69) is 10.2 Å². The number of rotatable bonds is 6. The van der Waals surface area contributed by atoms with Gasteiger partial charge in [0.15, 0.2) is 0 Å². The molecule has 0 spiro atoms. The summed E-state index contributed by atoms with van der Waals surface area (Å²) in [7, 11) is 0. The lowest BCUT2D eigenvalue weighted by Crippen LogP contribution is -2.46. The number of imide groups is 1. The Balaban J connectivity index is 1.41. The molecule has 1 aliphatic carbocycles. The van der Waals surface area contributed by atoms with Crippen LogP contribution in [0.25, 0.3) is 11.5 Å². The number of hydrogen-bond acceptors (Lipinski definition) is 7. The second-order valence-corrected chi connectivity index (χ2v) is 9.37. The highest BCUT2D eigenvalue weighted by molar-refractivity contribution is 8.13. The van der Waals surface area contributed by atoms with Gasteiger partial charge in [0.1, 0.15) is 6.04 Å². The van der Waals surface area contributed by atoms with Crippen LogP contribution in [0.2, 0.25) is 0 Å². The Morgan fingerprint density at radius 2 is 1.55 bits per heavy atom. The minimum atomic E-state index is -0.921. The maximum atomic E-state index is 13.4. The van der Waals surface area contributed by atoms with Crippen LogP contribution in [0, 0.1) is 11.8 Å². The molecule has 2 heterocycles. The Morgan fingerprint density at radius 1 is 0.939 bits per heavy atom. The fourth-order valence-electron chi connectivity index (χ4n) is 4.71. The zero-order chi connectivity index (χ0) is 22.8. The van der Waals surface area contributed by atoms with Gasteiger partial charge in [-0.2, -0.15) is 0 Å². The van der Waals surface area contributed by atoms with Crippen LogP contribution in [0.1, 0.15) is 31.2 Å². The lowest BCUT2D eigenvalue weighted by Gasteiger charge is -2.25. The van der Waals surface area contributed by atoms with E-state index >= 15 is 0 Å². The van der Waals surface area contributed by atoms with Crippen molar-refractivity contribution < 1.29 is 18.8 Å². The van der Waals surface area contributed by atoms with Gasteiger partial charge in [-0.25, -0.2) is 0 Å². The standard InChI is InChI=1S/C25H23N3O4S/c29-22-18-13-7-8-14-19(18)23(30)28(22)20(15-16-9-3-1-4-10-16)24(31)33-25-27-26-21(32-25)17-11-5-2-6-12-17/h1-6,9-12,18-20H,7-8,13-15H2. The number of aromatic nitrogens is 2. The number of hydrogen-bond donors (Lipinski definition) is 0. The Labute approximate surface area is 195 Å². The van der Waals surface area contributed by atoms with Crippen molar-refractivity contribution in [2.45, 2.75) is 43.4 Å². The molecule has 2 aromatic carbocycles. The second kappa shape index (κ2) is 9.31. The third-order valence-corrected chi connectivity index (χ3v) is 7.16. The largest absolute Gasteiger partial charge is 0.411 e. The summed E-state index contributed by atoms with van der Waals surface area (Å²) >= 11 is 0.785. The first-order chi connectivity index (χ1) is 16.1. The number of nitrogens with zero attached hydrogens (tertiary/aromatic N) is 3. The predicted octanol–water partition coefficient (Wildman–Crippen LogP) is 4.14. The number of carbonyl (C=O) groups excluding carboxylic acids is 3. The molecule has 7 nitrogen and oxygen atoms in total. The van der Waals surface area contributed by atoms with Crippen molar-refractivity contribution in [3.63, 3.8) is 0 Å². The van der Waals surface area contributed by atoms with Gasteiger partial charge in [0.25, 0.3) is 5.22 Å². The molecule has 3 aromatic rings. The van der Waals surface area contributed by atoms with Crippen LogP contribution >= 0.6 is 11.8 Å².